The summed E-state index contributed by atoms with van der Waals surface area (Å²) in [4.78, 5) is 2.70. The third-order valence-corrected chi connectivity index (χ3v) is 4.34. The molecule has 1 aromatic carbocycles. The van der Waals surface area contributed by atoms with Crippen LogP contribution >= 0.6 is 0 Å². The molecule has 1 heterocycles. The summed E-state index contributed by atoms with van der Waals surface area (Å²) in [5.74, 6) is 0. The SMILES string of the molecule is CC(C)(C)NCC(c1ccccc1)N1CCCCCCC1. The second kappa shape index (κ2) is 7.95. The van der Waals surface area contributed by atoms with Crippen LogP contribution in [0, 0.1) is 0 Å². The van der Waals surface area contributed by atoms with Crippen molar-refractivity contribution in [3.05, 3.63) is 35.9 Å². The van der Waals surface area contributed by atoms with Crippen molar-refractivity contribution in [2.75, 3.05) is 19.6 Å². The second-order valence-electron chi connectivity index (χ2n) is 7.36. The summed E-state index contributed by atoms with van der Waals surface area (Å²) >= 11 is 0. The number of rotatable bonds is 4. The van der Waals surface area contributed by atoms with Gasteiger partial charge in [0.1, 0.15) is 0 Å². The number of hydrogen-bond acceptors (Lipinski definition) is 2. The minimum atomic E-state index is 0.176. The Morgan fingerprint density at radius 3 is 2.10 bits per heavy atom. The van der Waals surface area contributed by atoms with Crippen molar-refractivity contribution in [1.29, 1.82) is 0 Å². The highest BCUT2D eigenvalue weighted by atomic mass is 15.2. The molecule has 21 heavy (non-hydrogen) atoms. The van der Waals surface area contributed by atoms with Gasteiger partial charge in [-0.05, 0) is 52.3 Å². The minimum absolute atomic E-state index is 0.176. The highest BCUT2D eigenvalue weighted by Crippen LogP contribution is 2.24. The van der Waals surface area contributed by atoms with Gasteiger partial charge in [0.15, 0.2) is 0 Å². The van der Waals surface area contributed by atoms with E-state index >= 15 is 0 Å². The molecule has 2 heteroatoms. The minimum Gasteiger partial charge on any atom is -0.310 e. The first-order valence-corrected chi connectivity index (χ1v) is 8.60. The maximum atomic E-state index is 3.71. The molecule has 0 aromatic heterocycles. The molecule has 1 aliphatic heterocycles. The molecule has 2 rings (SSSR count). The zero-order valence-electron chi connectivity index (χ0n) is 14.1. The van der Waals surface area contributed by atoms with E-state index in [0.717, 1.165) is 6.54 Å². The number of likely N-dealkylation sites (tertiary alicyclic amines) is 1. The Morgan fingerprint density at radius 2 is 1.52 bits per heavy atom. The Hall–Kier alpha value is -0.860. The summed E-state index contributed by atoms with van der Waals surface area (Å²) in [6.45, 7) is 10.3. The van der Waals surface area contributed by atoms with Gasteiger partial charge in [0, 0.05) is 18.1 Å². The molecular weight excluding hydrogens is 256 g/mol. The van der Waals surface area contributed by atoms with Gasteiger partial charge >= 0.3 is 0 Å². The largest absolute Gasteiger partial charge is 0.310 e. The van der Waals surface area contributed by atoms with Crippen LogP contribution in [0.3, 0.4) is 0 Å². The van der Waals surface area contributed by atoms with E-state index in [1.54, 1.807) is 0 Å². The lowest BCUT2D eigenvalue weighted by atomic mass is 10.00. The Kier molecular flexibility index (Phi) is 6.25. The van der Waals surface area contributed by atoms with E-state index in [1.165, 1.54) is 50.8 Å². The molecule has 0 aliphatic carbocycles. The van der Waals surface area contributed by atoms with Gasteiger partial charge in [-0.3, -0.25) is 4.90 Å². The highest BCUT2D eigenvalue weighted by molar-refractivity contribution is 5.19. The van der Waals surface area contributed by atoms with Crippen molar-refractivity contribution in [1.82, 2.24) is 10.2 Å². The van der Waals surface area contributed by atoms with E-state index in [-0.39, 0.29) is 5.54 Å². The molecule has 0 saturated carbocycles. The van der Waals surface area contributed by atoms with E-state index in [2.05, 4.69) is 61.3 Å². The van der Waals surface area contributed by atoms with Crippen molar-refractivity contribution in [2.24, 2.45) is 0 Å². The quantitative estimate of drug-likeness (QED) is 0.884. The summed E-state index contributed by atoms with van der Waals surface area (Å²) in [5, 5.41) is 3.71. The smallest absolute Gasteiger partial charge is 0.0472 e. The molecule has 1 fully saturated rings. The average molecular weight is 288 g/mol. The number of benzene rings is 1. The lowest BCUT2D eigenvalue weighted by molar-refractivity contribution is 0.168. The van der Waals surface area contributed by atoms with Gasteiger partial charge in [-0.15, -0.1) is 0 Å². The molecule has 118 valence electrons. The van der Waals surface area contributed by atoms with Crippen LogP contribution < -0.4 is 5.32 Å². The van der Waals surface area contributed by atoms with Crippen LogP contribution in [-0.4, -0.2) is 30.1 Å². The topological polar surface area (TPSA) is 15.3 Å². The molecule has 1 aromatic rings. The Balaban J connectivity index is 2.09. The van der Waals surface area contributed by atoms with Crippen LogP contribution in [0.1, 0.15) is 64.5 Å². The van der Waals surface area contributed by atoms with Gasteiger partial charge in [0.05, 0.1) is 0 Å². The van der Waals surface area contributed by atoms with Crippen molar-refractivity contribution in [3.8, 4) is 0 Å². The predicted octanol–water partition coefficient (Wildman–Crippen LogP) is 4.38. The van der Waals surface area contributed by atoms with Crippen molar-refractivity contribution >= 4 is 0 Å². The molecule has 1 saturated heterocycles. The van der Waals surface area contributed by atoms with Gasteiger partial charge in [0.25, 0.3) is 0 Å². The van der Waals surface area contributed by atoms with E-state index in [1.807, 2.05) is 0 Å². The highest BCUT2D eigenvalue weighted by Gasteiger charge is 2.22. The summed E-state index contributed by atoms with van der Waals surface area (Å²) in [6.07, 6.45) is 6.90. The molecule has 0 radical (unpaired) electrons. The molecule has 1 unspecified atom stereocenters. The Bertz CT molecular complexity index is 386. The third kappa shape index (κ3) is 5.80. The molecule has 1 atom stereocenters. The molecular formula is C19H32N2. The van der Waals surface area contributed by atoms with Gasteiger partial charge < -0.3 is 5.32 Å². The van der Waals surface area contributed by atoms with E-state index in [4.69, 9.17) is 0 Å². The molecule has 1 N–H and O–H groups in total. The van der Waals surface area contributed by atoms with E-state index in [0.29, 0.717) is 6.04 Å². The van der Waals surface area contributed by atoms with Crippen LogP contribution in [-0.2, 0) is 0 Å². The van der Waals surface area contributed by atoms with Crippen molar-refractivity contribution in [3.63, 3.8) is 0 Å². The standard InChI is InChI=1S/C19H32N2/c1-19(2,3)20-16-18(17-12-8-7-9-13-17)21-14-10-5-4-6-11-15-21/h7-9,12-13,18,20H,4-6,10-11,14-16H2,1-3H3. The van der Waals surface area contributed by atoms with Crippen LogP contribution in [0.4, 0.5) is 0 Å². The van der Waals surface area contributed by atoms with Crippen LogP contribution in [0.15, 0.2) is 30.3 Å². The van der Waals surface area contributed by atoms with E-state index in [9.17, 15) is 0 Å². The van der Waals surface area contributed by atoms with Gasteiger partial charge in [-0.25, -0.2) is 0 Å². The monoisotopic (exact) mass is 288 g/mol. The summed E-state index contributed by atoms with van der Waals surface area (Å²) < 4.78 is 0. The van der Waals surface area contributed by atoms with Gasteiger partial charge in [0.2, 0.25) is 0 Å². The predicted molar refractivity (Wildman–Crippen MR) is 91.6 cm³/mol. The first-order valence-electron chi connectivity index (χ1n) is 8.60. The summed E-state index contributed by atoms with van der Waals surface area (Å²) in [5.41, 5.74) is 1.63. The average Bonchev–Trinajstić information content (AvgIpc) is 2.40. The number of nitrogens with zero attached hydrogens (tertiary/aromatic N) is 1. The lowest BCUT2D eigenvalue weighted by Gasteiger charge is -2.35. The second-order valence-corrected chi connectivity index (χ2v) is 7.36. The van der Waals surface area contributed by atoms with E-state index < -0.39 is 0 Å². The summed E-state index contributed by atoms with van der Waals surface area (Å²) in [6, 6.07) is 11.5. The molecule has 0 spiro atoms. The van der Waals surface area contributed by atoms with Crippen LogP contribution in [0.5, 0.6) is 0 Å². The van der Waals surface area contributed by atoms with Gasteiger partial charge in [-0.2, -0.15) is 0 Å². The van der Waals surface area contributed by atoms with Gasteiger partial charge in [-0.1, -0.05) is 49.6 Å². The third-order valence-electron chi connectivity index (χ3n) is 4.34. The maximum absolute atomic E-state index is 3.71. The normalized spacial score (nSPS) is 19.8. The maximum Gasteiger partial charge on any atom is 0.0472 e. The molecule has 0 bridgehead atoms. The molecule has 1 aliphatic rings. The first-order chi connectivity index (χ1) is 10.1. The first kappa shape index (κ1) is 16.5. The summed E-state index contributed by atoms with van der Waals surface area (Å²) in [7, 11) is 0. The fraction of sp³-hybridized carbons (Fsp3) is 0.684. The Morgan fingerprint density at radius 1 is 0.952 bits per heavy atom. The fourth-order valence-electron chi connectivity index (χ4n) is 3.12. The Labute approximate surface area is 130 Å². The van der Waals surface area contributed by atoms with Crippen molar-refractivity contribution in [2.45, 2.75) is 64.5 Å². The van der Waals surface area contributed by atoms with Crippen LogP contribution in [0.25, 0.3) is 0 Å². The lowest BCUT2D eigenvalue weighted by Crippen LogP contribution is -2.44. The number of nitrogens with one attached hydrogen (secondary N) is 1. The fourth-order valence-corrected chi connectivity index (χ4v) is 3.12. The molecule has 2 nitrogen and oxygen atoms in total. The van der Waals surface area contributed by atoms with Crippen molar-refractivity contribution < 1.29 is 0 Å². The zero-order chi connectivity index (χ0) is 15.1. The zero-order valence-corrected chi connectivity index (χ0v) is 14.1. The molecule has 0 amide bonds. The van der Waals surface area contributed by atoms with Crippen LogP contribution in [0.2, 0.25) is 0 Å². The number of hydrogen-bond donors (Lipinski definition) is 1.